The Hall–Kier alpha value is -2.14. The number of rotatable bonds is 4. The zero-order valence-corrected chi connectivity index (χ0v) is 13.9. The number of anilines is 1. The number of nitrogens with zero attached hydrogens (tertiary/aromatic N) is 1. The van der Waals surface area contributed by atoms with Gasteiger partial charge in [-0.15, -0.1) is 11.3 Å². The van der Waals surface area contributed by atoms with Gasteiger partial charge in [0.2, 0.25) is 11.8 Å². The summed E-state index contributed by atoms with van der Waals surface area (Å²) in [5.41, 5.74) is 7.24. The molecule has 3 rings (SSSR count). The molecule has 0 fully saturated rings. The third-order valence-electron chi connectivity index (χ3n) is 4.37. The van der Waals surface area contributed by atoms with E-state index < -0.39 is 0 Å². The van der Waals surface area contributed by atoms with Crippen molar-refractivity contribution in [3.63, 3.8) is 0 Å². The highest BCUT2D eigenvalue weighted by atomic mass is 32.1. The largest absolute Gasteiger partial charge is 0.369 e. The standard InChI is InChI=1S/C18H20N2O2S/c1-12-11-15(18(19)22)14-6-2-3-7-16(14)20(12)17(21)9-8-13-5-4-10-23-13/h2-7,10,12,15H,8-9,11H2,1H3,(H2,19,22)/t12-,15+/m0/s1. The first kappa shape index (κ1) is 15.7. The number of primary amides is 1. The number of hydrogen-bond acceptors (Lipinski definition) is 3. The van der Waals surface area contributed by atoms with Gasteiger partial charge in [-0.1, -0.05) is 24.3 Å². The number of carbonyl (C=O) groups excluding carboxylic acids is 2. The van der Waals surface area contributed by atoms with Crippen molar-refractivity contribution in [2.75, 3.05) is 4.90 Å². The second kappa shape index (κ2) is 6.54. The van der Waals surface area contributed by atoms with E-state index in [4.69, 9.17) is 5.73 Å². The molecule has 2 aromatic rings. The summed E-state index contributed by atoms with van der Waals surface area (Å²) in [5.74, 6) is -0.543. The monoisotopic (exact) mass is 328 g/mol. The van der Waals surface area contributed by atoms with Crippen molar-refractivity contribution in [3.8, 4) is 0 Å². The van der Waals surface area contributed by atoms with Crippen LogP contribution in [0.4, 0.5) is 5.69 Å². The molecule has 0 aliphatic carbocycles. The van der Waals surface area contributed by atoms with Gasteiger partial charge in [0.25, 0.3) is 0 Å². The fraction of sp³-hybridized carbons (Fsp3) is 0.333. The third-order valence-corrected chi connectivity index (χ3v) is 5.30. The summed E-state index contributed by atoms with van der Waals surface area (Å²) in [6.07, 6.45) is 1.80. The Morgan fingerprint density at radius 3 is 2.74 bits per heavy atom. The van der Waals surface area contributed by atoms with E-state index in [2.05, 4.69) is 6.07 Å². The fourth-order valence-electron chi connectivity index (χ4n) is 3.27. The number of benzene rings is 1. The molecule has 0 bridgehead atoms. The molecule has 5 heteroatoms. The first-order valence-corrected chi connectivity index (χ1v) is 8.68. The first-order valence-electron chi connectivity index (χ1n) is 7.80. The molecule has 1 aliphatic heterocycles. The molecule has 23 heavy (non-hydrogen) atoms. The number of carbonyl (C=O) groups is 2. The van der Waals surface area contributed by atoms with Crippen LogP contribution in [0.25, 0.3) is 0 Å². The Morgan fingerprint density at radius 2 is 2.04 bits per heavy atom. The Labute approximate surface area is 139 Å². The smallest absolute Gasteiger partial charge is 0.227 e. The minimum atomic E-state index is -0.324. The first-order chi connectivity index (χ1) is 11.1. The predicted molar refractivity (Wildman–Crippen MR) is 92.6 cm³/mol. The van der Waals surface area contributed by atoms with E-state index in [0.717, 1.165) is 17.7 Å². The fourth-order valence-corrected chi connectivity index (χ4v) is 3.98. The minimum Gasteiger partial charge on any atom is -0.369 e. The molecule has 1 aromatic heterocycles. The van der Waals surface area contributed by atoms with Crippen LogP contribution in [0.2, 0.25) is 0 Å². The molecule has 2 amide bonds. The number of hydrogen-bond donors (Lipinski definition) is 1. The maximum Gasteiger partial charge on any atom is 0.227 e. The Morgan fingerprint density at radius 1 is 1.26 bits per heavy atom. The van der Waals surface area contributed by atoms with Crippen LogP contribution in [0.1, 0.15) is 36.1 Å². The van der Waals surface area contributed by atoms with Crippen molar-refractivity contribution in [1.82, 2.24) is 0 Å². The average molecular weight is 328 g/mol. The van der Waals surface area contributed by atoms with Crippen molar-refractivity contribution in [2.24, 2.45) is 5.73 Å². The summed E-state index contributed by atoms with van der Waals surface area (Å²) in [6, 6.07) is 11.6. The molecule has 1 aromatic carbocycles. The van der Waals surface area contributed by atoms with Crippen molar-refractivity contribution in [2.45, 2.75) is 38.1 Å². The van der Waals surface area contributed by atoms with Crippen LogP contribution in [0.15, 0.2) is 41.8 Å². The summed E-state index contributed by atoms with van der Waals surface area (Å²) in [4.78, 5) is 27.5. The highest BCUT2D eigenvalue weighted by Gasteiger charge is 2.35. The minimum absolute atomic E-state index is 0.0294. The van der Waals surface area contributed by atoms with Crippen LogP contribution in [0.3, 0.4) is 0 Å². The Balaban J connectivity index is 1.84. The molecule has 120 valence electrons. The van der Waals surface area contributed by atoms with Gasteiger partial charge in [-0.25, -0.2) is 0 Å². The normalized spacial score (nSPS) is 20.1. The topological polar surface area (TPSA) is 63.4 Å². The Bertz CT molecular complexity index is 712. The zero-order chi connectivity index (χ0) is 16.4. The van der Waals surface area contributed by atoms with E-state index >= 15 is 0 Å². The van der Waals surface area contributed by atoms with E-state index in [1.54, 1.807) is 11.3 Å². The quantitative estimate of drug-likeness (QED) is 0.937. The lowest BCUT2D eigenvalue weighted by Crippen LogP contribution is -2.45. The van der Waals surface area contributed by atoms with Gasteiger partial charge in [-0.05, 0) is 42.8 Å². The van der Waals surface area contributed by atoms with Gasteiger partial charge in [-0.3, -0.25) is 9.59 Å². The second-order valence-electron chi connectivity index (χ2n) is 5.94. The maximum atomic E-state index is 12.8. The maximum absolute atomic E-state index is 12.8. The lowest BCUT2D eigenvalue weighted by atomic mass is 9.85. The summed E-state index contributed by atoms with van der Waals surface area (Å²) in [7, 11) is 0. The molecule has 0 saturated carbocycles. The number of aryl methyl sites for hydroxylation is 1. The predicted octanol–water partition coefficient (Wildman–Crippen LogP) is 3.08. The van der Waals surface area contributed by atoms with E-state index in [-0.39, 0.29) is 23.8 Å². The summed E-state index contributed by atoms with van der Waals surface area (Å²) in [6.45, 7) is 1.98. The third kappa shape index (κ3) is 3.15. The average Bonchev–Trinajstić information content (AvgIpc) is 3.05. The van der Waals surface area contributed by atoms with E-state index in [1.807, 2.05) is 47.5 Å². The van der Waals surface area contributed by atoms with E-state index in [0.29, 0.717) is 12.8 Å². The summed E-state index contributed by atoms with van der Waals surface area (Å²) < 4.78 is 0. The van der Waals surface area contributed by atoms with Crippen LogP contribution in [-0.2, 0) is 16.0 Å². The molecule has 2 atom stereocenters. The van der Waals surface area contributed by atoms with Gasteiger partial charge >= 0.3 is 0 Å². The van der Waals surface area contributed by atoms with E-state index in [1.165, 1.54) is 4.88 Å². The van der Waals surface area contributed by atoms with Crippen molar-refractivity contribution >= 4 is 28.8 Å². The number of amides is 2. The Kier molecular flexibility index (Phi) is 4.48. The molecule has 4 nitrogen and oxygen atoms in total. The lowest BCUT2D eigenvalue weighted by molar-refractivity contribution is -0.121. The van der Waals surface area contributed by atoms with Crippen LogP contribution >= 0.6 is 11.3 Å². The summed E-state index contributed by atoms with van der Waals surface area (Å²) in [5, 5.41) is 2.02. The zero-order valence-electron chi connectivity index (χ0n) is 13.1. The molecule has 2 N–H and O–H groups in total. The van der Waals surface area contributed by atoms with Crippen LogP contribution < -0.4 is 10.6 Å². The van der Waals surface area contributed by atoms with Gasteiger partial charge < -0.3 is 10.6 Å². The van der Waals surface area contributed by atoms with Gasteiger partial charge in [-0.2, -0.15) is 0 Å². The molecule has 0 unspecified atom stereocenters. The second-order valence-corrected chi connectivity index (χ2v) is 6.97. The molecular weight excluding hydrogens is 308 g/mol. The van der Waals surface area contributed by atoms with Crippen molar-refractivity contribution in [3.05, 3.63) is 52.2 Å². The number of nitrogens with two attached hydrogens (primary N) is 1. The van der Waals surface area contributed by atoms with Crippen LogP contribution in [-0.4, -0.2) is 17.9 Å². The van der Waals surface area contributed by atoms with Crippen LogP contribution in [0.5, 0.6) is 0 Å². The number of fused-ring (bicyclic) bond motifs is 1. The van der Waals surface area contributed by atoms with Crippen molar-refractivity contribution in [1.29, 1.82) is 0 Å². The van der Waals surface area contributed by atoms with Gasteiger partial charge in [0.1, 0.15) is 0 Å². The van der Waals surface area contributed by atoms with E-state index in [9.17, 15) is 9.59 Å². The highest BCUT2D eigenvalue weighted by molar-refractivity contribution is 7.09. The molecule has 0 spiro atoms. The molecular formula is C18H20N2O2S. The van der Waals surface area contributed by atoms with Gasteiger partial charge in [0, 0.05) is 23.0 Å². The lowest BCUT2D eigenvalue weighted by Gasteiger charge is -2.38. The number of thiophene rings is 1. The van der Waals surface area contributed by atoms with Gasteiger partial charge in [0.05, 0.1) is 5.92 Å². The molecule has 0 saturated heterocycles. The number of para-hydroxylation sites is 1. The molecule has 2 heterocycles. The highest BCUT2D eigenvalue weighted by Crippen LogP contribution is 2.38. The van der Waals surface area contributed by atoms with Crippen molar-refractivity contribution < 1.29 is 9.59 Å². The molecule has 1 aliphatic rings. The SMILES string of the molecule is C[C@H]1C[C@@H](C(N)=O)c2ccccc2N1C(=O)CCc1cccs1. The summed E-state index contributed by atoms with van der Waals surface area (Å²) >= 11 is 1.67. The van der Waals surface area contributed by atoms with Gasteiger partial charge in [0.15, 0.2) is 0 Å². The molecule has 0 radical (unpaired) electrons. The van der Waals surface area contributed by atoms with Crippen LogP contribution in [0, 0.1) is 0 Å².